The second-order valence-electron chi connectivity index (χ2n) is 8.86. The zero-order valence-corrected chi connectivity index (χ0v) is 24.0. The van der Waals surface area contributed by atoms with Crippen molar-refractivity contribution in [3.05, 3.63) is 105 Å². The van der Waals surface area contributed by atoms with E-state index in [0.29, 0.717) is 27.2 Å². The monoisotopic (exact) mass is 576 g/mol. The number of rotatable bonds is 12. The number of nitrogens with one attached hydrogen (secondary N) is 1. The normalized spacial score (nSPS) is 12.6. The first kappa shape index (κ1) is 29.4. The minimum absolute atomic E-state index is 0.0172. The molecule has 0 aliphatic heterocycles. The van der Waals surface area contributed by atoms with Gasteiger partial charge in [-0.2, -0.15) is 0 Å². The van der Waals surface area contributed by atoms with Gasteiger partial charge in [0.25, 0.3) is 0 Å². The highest BCUT2D eigenvalue weighted by molar-refractivity contribution is 7.99. The van der Waals surface area contributed by atoms with Gasteiger partial charge >= 0.3 is 0 Å². The van der Waals surface area contributed by atoms with Crippen LogP contribution in [0.2, 0.25) is 15.1 Å². The minimum Gasteiger partial charge on any atom is -0.352 e. The minimum atomic E-state index is -0.712. The summed E-state index contributed by atoms with van der Waals surface area (Å²) >= 11 is 20.4. The molecule has 0 radical (unpaired) electrons. The van der Waals surface area contributed by atoms with E-state index in [-0.39, 0.29) is 30.2 Å². The van der Waals surface area contributed by atoms with Gasteiger partial charge in [-0.05, 0) is 48.2 Å². The molecule has 8 heteroatoms. The summed E-state index contributed by atoms with van der Waals surface area (Å²) in [7, 11) is 0. The molecule has 2 amide bonds. The molecule has 3 aromatic rings. The Morgan fingerprint density at radius 1 is 0.919 bits per heavy atom. The molecule has 2 unspecified atom stereocenters. The van der Waals surface area contributed by atoms with Gasteiger partial charge in [-0.1, -0.05) is 96.3 Å². The fourth-order valence-electron chi connectivity index (χ4n) is 3.78. The fourth-order valence-corrected chi connectivity index (χ4v) is 5.44. The van der Waals surface area contributed by atoms with Crippen LogP contribution in [0, 0.1) is 0 Å². The van der Waals surface area contributed by atoms with Crippen molar-refractivity contribution in [2.45, 2.75) is 51.1 Å². The van der Waals surface area contributed by atoms with Crippen molar-refractivity contribution in [1.82, 2.24) is 10.2 Å². The van der Waals surface area contributed by atoms with Gasteiger partial charge in [0.05, 0.1) is 5.75 Å². The third-order valence-electron chi connectivity index (χ3n) is 6.07. The molecule has 4 nitrogen and oxygen atoms in total. The first-order valence-corrected chi connectivity index (χ1v) is 14.5. The Morgan fingerprint density at radius 3 is 2.30 bits per heavy atom. The second-order valence-corrected chi connectivity index (χ2v) is 11.1. The van der Waals surface area contributed by atoms with Crippen LogP contribution in [0.3, 0.4) is 0 Å². The van der Waals surface area contributed by atoms with E-state index in [1.165, 1.54) is 11.8 Å². The smallest absolute Gasteiger partial charge is 0.243 e. The molecule has 0 saturated carbocycles. The predicted octanol–water partition coefficient (Wildman–Crippen LogP) is 7.43. The molecule has 2 atom stereocenters. The number of thioether (sulfide) groups is 1. The molecule has 0 aromatic heterocycles. The van der Waals surface area contributed by atoms with Crippen molar-refractivity contribution >= 4 is 58.4 Å². The molecule has 37 heavy (non-hydrogen) atoms. The largest absolute Gasteiger partial charge is 0.352 e. The quantitative estimate of drug-likeness (QED) is 0.243. The van der Waals surface area contributed by atoms with E-state index in [1.807, 2.05) is 68.4 Å². The summed E-state index contributed by atoms with van der Waals surface area (Å²) in [5, 5.41) is 4.71. The highest BCUT2D eigenvalue weighted by atomic mass is 35.5. The van der Waals surface area contributed by atoms with Gasteiger partial charge in [0.15, 0.2) is 0 Å². The van der Waals surface area contributed by atoms with E-state index in [2.05, 4.69) is 5.32 Å². The molecular formula is C29H31Cl3N2O2S. The van der Waals surface area contributed by atoms with Crippen LogP contribution in [0.5, 0.6) is 0 Å². The van der Waals surface area contributed by atoms with Crippen LogP contribution < -0.4 is 5.32 Å². The standard InChI is InChI=1S/C29H31Cl3N2O2S/c1-3-20(2)33-29(36)27(15-21-9-5-4-6-10-21)34(17-22-13-14-24(30)16-26(22)32)28(35)19-37-18-23-11-7-8-12-25(23)31/h4-14,16,20,27H,3,15,17-19H2,1-2H3,(H,33,36). The number of hydrogen-bond donors (Lipinski definition) is 1. The lowest BCUT2D eigenvalue weighted by Crippen LogP contribution is -2.52. The predicted molar refractivity (Wildman–Crippen MR) is 156 cm³/mol. The second kappa shape index (κ2) is 14.7. The van der Waals surface area contributed by atoms with Crippen LogP contribution in [0.1, 0.15) is 37.0 Å². The average molecular weight is 578 g/mol. The summed E-state index contributed by atoms with van der Waals surface area (Å²) in [5.74, 6) is 0.442. The van der Waals surface area contributed by atoms with Crippen molar-refractivity contribution in [2.75, 3.05) is 5.75 Å². The lowest BCUT2D eigenvalue weighted by Gasteiger charge is -2.32. The Labute approximate surface area is 238 Å². The van der Waals surface area contributed by atoms with Gasteiger partial charge < -0.3 is 10.2 Å². The number of carbonyl (C=O) groups excluding carboxylic acids is 2. The summed E-state index contributed by atoms with van der Waals surface area (Å²) < 4.78 is 0. The number of carbonyl (C=O) groups is 2. The van der Waals surface area contributed by atoms with E-state index in [0.717, 1.165) is 23.1 Å². The van der Waals surface area contributed by atoms with E-state index in [4.69, 9.17) is 34.8 Å². The lowest BCUT2D eigenvalue weighted by atomic mass is 10.0. The maximum Gasteiger partial charge on any atom is 0.243 e. The topological polar surface area (TPSA) is 49.4 Å². The van der Waals surface area contributed by atoms with Crippen molar-refractivity contribution < 1.29 is 9.59 Å². The first-order chi connectivity index (χ1) is 17.8. The van der Waals surface area contributed by atoms with E-state index < -0.39 is 6.04 Å². The van der Waals surface area contributed by atoms with Crippen LogP contribution in [0.4, 0.5) is 0 Å². The molecule has 1 N–H and O–H groups in total. The van der Waals surface area contributed by atoms with Gasteiger partial charge in [-0.25, -0.2) is 0 Å². The molecule has 0 bridgehead atoms. The maximum atomic E-state index is 13.7. The molecule has 0 fully saturated rings. The lowest BCUT2D eigenvalue weighted by molar-refractivity contribution is -0.139. The Morgan fingerprint density at radius 2 is 1.62 bits per heavy atom. The van der Waals surface area contributed by atoms with Gasteiger partial charge in [0, 0.05) is 39.8 Å². The Bertz CT molecular complexity index is 1190. The van der Waals surface area contributed by atoms with Gasteiger partial charge in [0.1, 0.15) is 6.04 Å². The van der Waals surface area contributed by atoms with Crippen LogP contribution in [0.25, 0.3) is 0 Å². The zero-order chi connectivity index (χ0) is 26.8. The van der Waals surface area contributed by atoms with Gasteiger partial charge in [-0.15, -0.1) is 11.8 Å². The summed E-state index contributed by atoms with van der Waals surface area (Å²) in [6.07, 6.45) is 1.17. The Kier molecular flexibility index (Phi) is 11.7. The summed E-state index contributed by atoms with van der Waals surface area (Å²) in [6.45, 7) is 4.16. The molecule has 3 aromatic carbocycles. The van der Waals surface area contributed by atoms with Crippen molar-refractivity contribution in [1.29, 1.82) is 0 Å². The highest BCUT2D eigenvalue weighted by Gasteiger charge is 2.31. The summed E-state index contributed by atoms with van der Waals surface area (Å²) in [4.78, 5) is 28.9. The fraction of sp³-hybridized carbons (Fsp3) is 0.310. The van der Waals surface area contributed by atoms with Crippen LogP contribution >= 0.6 is 46.6 Å². The Balaban J connectivity index is 1.89. The molecular weight excluding hydrogens is 547 g/mol. The van der Waals surface area contributed by atoms with Crippen molar-refractivity contribution in [3.63, 3.8) is 0 Å². The van der Waals surface area contributed by atoms with Crippen molar-refractivity contribution in [3.8, 4) is 0 Å². The highest BCUT2D eigenvalue weighted by Crippen LogP contribution is 2.26. The molecule has 0 heterocycles. The van der Waals surface area contributed by atoms with Gasteiger partial charge in [-0.3, -0.25) is 9.59 Å². The zero-order valence-electron chi connectivity index (χ0n) is 20.9. The van der Waals surface area contributed by atoms with Crippen LogP contribution in [-0.2, 0) is 28.3 Å². The van der Waals surface area contributed by atoms with E-state index in [1.54, 1.807) is 23.1 Å². The SMILES string of the molecule is CCC(C)NC(=O)C(Cc1ccccc1)N(Cc1ccc(Cl)cc1Cl)C(=O)CSCc1ccccc1Cl. The van der Waals surface area contributed by atoms with Crippen molar-refractivity contribution in [2.24, 2.45) is 0 Å². The van der Waals surface area contributed by atoms with Crippen LogP contribution in [-0.4, -0.2) is 34.6 Å². The molecule has 0 saturated heterocycles. The van der Waals surface area contributed by atoms with Crippen LogP contribution in [0.15, 0.2) is 72.8 Å². The molecule has 196 valence electrons. The number of amides is 2. The maximum absolute atomic E-state index is 13.7. The number of hydrogen-bond acceptors (Lipinski definition) is 3. The molecule has 0 spiro atoms. The third-order valence-corrected chi connectivity index (χ3v) is 7.99. The van der Waals surface area contributed by atoms with E-state index >= 15 is 0 Å². The number of halogens is 3. The summed E-state index contributed by atoms with van der Waals surface area (Å²) in [5.41, 5.74) is 2.66. The number of benzene rings is 3. The van der Waals surface area contributed by atoms with Gasteiger partial charge in [0.2, 0.25) is 11.8 Å². The van der Waals surface area contributed by atoms with E-state index in [9.17, 15) is 9.59 Å². The molecule has 0 aliphatic rings. The average Bonchev–Trinajstić information content (AvgIpc) is 2.88. The summed E-state index contributed by atoms with van der Waals surface area (Å²) in [6, 6.07) is 21.8. The molecule has 0 aliphatic carbocycles. The third kappa shape index (κ3) is 8.96. The number of nitrogens with zero attached hydrogens (tertiary/aromatic N) is 1. The molecule has 3 rings (SSSR count). The first-order valence-electron chi connectivity index (χ1n) is 12.2. The Hall–Kier alpha value is -2.18.